The third kappa shape index (κ3) is 3.77. The molecule has 7 heteroatoms. The van der Waals surface area contributed by atoms with Gasteiger partial charge in [0.25, 0.3) is 5.56 Å². The van der Waals surface area contributed by atoms with Gasteiger partial charge in [0, 0.05) is 10.7 Å². The number of hydrogen-bond acceptors (Lipinski definition) is 2. The molecule has 0 atom stereocenters. The molecule has 4 nitrogen and oxygen atoms in total. The van der Waals surface area contributed by atoms with Crippen LogP contribution in [-0.2, 0) is 11.2 Å². The van der Waals surface area contributed by atoms with Gasteiger partial charge in [-0.05, 0) is 55.6 Å². The normalized spacial score (nSPS) is 10.3. The Hall–Kier alpha value is -1.47. The van der Waals surface area contributed by atoms with Crippen molar-refractivity contribution in [2.45, 2.75) is 6.42 Å². The summed E-state index contributed by atoms with van der Waals surface area (Å²) in [4.78, 5) is 25.8. The number of aromatic nitrogens is 1. The number of pyridine rings is 1. The number of nitrogens with one attached hydrogen (secondary N) is 2. The molecule has 0 saturated carbocycles. The highest BCUT2D eigenvalue weighted by atomic mass is 79.9. The average molecular weight is 404 g/mol. The number of halogens is 3. The summed E-state index contributed by atoms with van der Waals surface area (Å²) in [5.41, 5.74) is 0.412. The van der Waals surface area contributed by atoms with E-state index in [0.717, 1.165) is 0 Å². The molecule has 2 N–H and O–H groups in total. The zero-order valence-electron chi connectivity index (χ0n) is 10.0. The lowest BCUT2D eigenvalue weighted by Crippen LogP contribution is -2.21. The third-order valence-corrected chi connectivity index (χ3v) is 3.56. The van der Waals surface area contributed by atoms with E-state index in [1.54, 1.807) is 0 Å². The zero-order chi connectivity index (χ0) is 14.7. The summed E-state index contributed by atoms with van der Waals surface area (Å²) >= 11 is 6.26. The molecule has 0 unspecified atom stereocenters. The van der Waals surface area contributed by atoms with Crippen molar-refractivity contribution < 1.29 is 9.18 Å². The third-order valence-electron chi connectivity index (χ3n) is 2.49. The predicted octanol–water partition coefficient (Wildman–Crippen LogP) is 3.22. The summed E-state index contributed by atoms with van der Waals surface area (Å²) in [6.07, 6.45) is 1.53. The van der Waals surface area contributed by atoms with E-state index >= 15 is 0 Å². The minimum atomic E-state index is -0.391. The lowest BCUT2D eigenvalue weighted by atomic mass is 10.1. The van der Waals surface area contributed by atoms with Crippen LogP contribution in [0.25, 0.3) is 0 Å². The van der Waals surface area contributed by atoms with Crippen LogP contribution in [0, 0.1) is 5.82 Å². The number of rotatable bonds is 3. The maximum absolute atomic E-state index is 13.1. The lowest BCUT2D eigenvalue weighted by molar-refractivity contribution is -0.115. The molecule has 1 heterocycles. The fourth-order valence-electron chi connectivity index (χ4n) is 1.58. The van der Waals surface area contributed by atoms with Crippen LogP contribution >= 0.6 is 31.9 Å². The fraction of sp³-hybridized carbons (Fsp3) is 0.0769. The monoisotopic (exact) mass is 402 g/mol. The van der Waals surface area contributed by atoms with Crippen molar-refractivity contribution in [2.75, 3.05) is 5.32 Å². The van der Waals surface area contributed by atoms with E-state index in [-0.39, 0.29) is 23.6 Å². The summed E-state index contributed by atoms with van der Waals surface area (Å²) in [5.74, 6) is -0.746. The van der Waals surface area contributed by atoms with Gasteiger partial charge in [0.15, 0.2) is 0 Å². The van der Waals surface area contributed by atoms with Crippen molar-refractivity contribution in [1.82, 2.24) is 4.98 Å². The van der Waals surface area contributed by atoms with Crippen LogP contribution in [0.3, 0.4) is 0 Å². The summed E-state index contributed by atoms with van der Waals surface area (Å²) in [5, 5.41) is 2.51. The zero-order valence-corrected chi connectivity index (χ0v) is 13.2. The first-order valence-corrected chi connectivity index (χ1v) is 7.16. The largest absolute Gasteiger partial charge is 0.326 e. The van der Waals surface area contributed by atoms with Crippen LogP contribution in [-0.4, -0.2) is 10.9 Å². The van der Waals surface area contributed by atoms with E-state index in [4.69, 9.17) is 0 Å². The highest BCUT2D eigenvalue weighted by Gasteiger charge is 2.09. The van der Waals surface area contributed by atoms with Gasteiger partial charge in [-0.15, -0.1) is 0 Å². The molecule has 0 bridgehead atoms. The molecular weight excluding hydrogens is 395 g/mol. The summed E-state index contributed by atoms with van der Waals surface area (Å²) in [6.45, 7) is 0. The van der Waals surface area contributed by atoms with Gasteiger partial charge in [-0.25, -0.2) is 4.39 Å². The second-order valence-electron chi connectivity index (χ2n) is 4.03. The molecule has 104 valence electrons. The smallest absolute Gasteiger partial charge is 0.271 e. The SMILES string of the molecule is O=C(Cc1ccc(F)c(Br)c1)Nc1cc(Br)c[nH]c1=O. The van der Waals surface area contributed by atoms with Crippen LogP contribution < -0.4 is 10.9 Å². The van der Waals surface area contributed by atoms with E-state index in [2.05, 4.69) is 42.2 Å². The number of carbonyl (C=O) groups is 1. The highest BCUT2D eigenvalue weighted by molar-refractivity contribution is 9.10. The van der Waals surface area contributed by atoms with Gasteiger partial charge in [0.1, 0.15) is 11.5 Å². The van der Waals surface area contributed by atoms with Gasteiger partial charge in [0.05, 0.1) is 10.9 Å². The molecule has 0 radical (unpaired) electrons. The molecule has 2 aromatic rings. The second-order valence-corrected chi connectivity index (χ2v) is 5.80. The standard InChI is InChI=1S/C13H9Br2FN2O2/c14-8-5-11(13(20)17-6-8)18-12(19)4-7-1-2-10(16)9(15)3-7/h1-3,5-6H,4H2,(H,17,20)(H,18,19). The Morgan fingerprint density at radius 1 is 1.30 bits per heavy atom. The number of hydrogen-bond donors (Lipinski definition) is 2. The first-order valence-electron chi connectivity index (χ1n) is 5.58. The molecule has 0 aliphatic carbocycles. The van der Waals surface area contributed by atoms with Gasteiger partial charge in [-0.1, -0.05) is 6.07 Å². The van der Waals surface area contributed by atoms with Crippen molar-refractivity contribution in [3.63, 3.8) is 0 Å². The molecule has 20 heavy (non-hydrogen) atoms. The van der Waals surface area contributed by atoms with Gasteiger partial charge >= 0.3 is 0 Å². The van der Waals surface area contributed by atoms with Crippen LogP contribution in [0.5, 0.6) is 0 Å². The second kappa shape index (κ2) is 6.32. The van der Waals surface area contributed by atoms with Gasteiger partial charge < -0.3 is 10.3 Å². The lowest BCUT2D eigenvalue weighted by Gasteiger charge is -2.05. The molecule has 0 saturated heterocycles. The van der Waals surface area contributed by atoms with E-state index in [1.165, 1.54) is 30.5 Å². The fourth-order valence-corrected chi connectivity index (χ4v) is 2.35. The van der Waals surface area contributed by atoms with Crippen LogP contribution in [0.2, 0.25) is 0 Å². The number of benzene rings is 1. The Bertz CT molecular complexity index is 716. The molecule has 0 aliphatic heterocycles. The number of aromatic amines is 1. The van der Waals surface area contributed by atoms with Crippen molar-refractivity contribution in [1.29, 1.82) is 0 Å². The number of anilines is 1. The molecule has 2 rings (SSSR count). The Kier molecular flexibility index (Phi) is 4.72. The minimum absolute atomic E-state index is 0.0465. The van der Waals surface area contributed by atoms with Gasteiger partial charge in [-0.2, -0.15) is 0 Å². The summed E-state index contributed by atoms with van der Waals surface area (Å²) < 4.78 is 14.0. The Labute approximate surface area is 130 Å². The molecule has 0 spiro atoms. The van der Waals surface area contributed by atoms with E-state index in [0.29, 0.717) is 14.5 Å². The van der Waals surface area contributed by atoms with Crippen LogP contribution in [0.15, 0.2) is 44.2 Å². The molecule has 1 aromatic carbocycles. The molecule has 1 amide bonds. The average Bonchev–Trinajstić information content (AvgIpc) is 2.38. The first-order chi connectivity index (χ1) is 9.45. The van der Waals surface area contributed by atoms with Crippen molar-refractivity contribution in [2.24, 2.45) is 0 Å². The van der Waals surface area contributed by atoms with E-state index in [9.17, 15) is 14.0 Å². The number of H-pyrrole nitrogens is 1. The van der Waals surface area contributed by atoms with E-state index in [1.807, 2.05) is 0 Å². The van der Waals surface area contributed by atoms with Crippen molar-refractivity contribution in [3.05, 3.63) is 61.1 Å². The maximum Gasteiger partial charge on any atom is 0.271 e. The van der Waals surface area contributed by atoms with Gasteiger partial charge in [-0.3, -0.25) is 9.59 Å². The van der Waals surface area contributed by atoms with Gasteiger partial charge in [0.2, 0.25) is 5.91 Å². The van der Waals surface area contributed by atoms with Crippen LogP contribution in [0.1, 0.15) is 5.56 Å². The van der Waals surface area contributed by atoms with Crippen LogP contribution in [0.4, 0.5) is 10.1 Å². The predicted molar refractivity (Wildman–Crippen MR) is 81.2 cm³/mol. The highest BCUT2D eigenvalue weighted by Crippen LogP contribution is 2.17. The quantitative estimate of drug-likeness (QED) is 0.826. The Balaban J connectivity index is 2.11. The molecule has 1 aromatic heterocycles. The first kappa shape index (κ1) is 14.9. The Morgan fingerprint density at radius 2 is 2.05 bits per heavy atom. The maximum atomic E-state index is 13.1. The summed E-state index contributed by atoms with van der Waals surface area (Å²) in [7, 11) is 0. The van der Waals surface area contributed by atoms with Crippen molar-refractivity contribution in [3.8, 4) is 0 Å². The Morgan fingerprint density at radius 3 is 2.75 bits per heavy atom. The topological polar surface area (TPSA) is 62.0 Å². The molecular formula is C13H9Br2FN2O2. The summed E-state index contributed by atoms with van der Waals surface area (Å²) in [6, 6.07) is 5.83. The minimum Gasteiger partial charge on any atom is -0.326 e. The van der Waals surface area contributed by atoms with Crippen molar-refractivity contribution >= 4 is 43.5 Å². The molecule has 0 aliphatic rings. The molecule has 0 fully saturated rings. The number of amides is 1. The van der Waals surface area contributed by atoms with E-state index < -0.39 is 5.82 Å². The number of carbonyl (C=O) groups excluding carboxylic acids is 1.